The number of anilines is 2. The van der Waals surface area contributed by atoms with Gasteiger partial charge in [0, 0.05) is 43.0 Å². The molecule has 9 heteroatoms. The van der Waals surface area contributed by atoms with E-state index in [2.05, 4.69) is 32.5 Å². The maximum atomic E-state index is 13.6. The Morgan fingerprint density at radius 1 is 1.06 bits per heavy atom. The summed E-state index contributed by atoms with van der Waals surface area (Å²) in [5.41, 5.74) is 5.56. The summed E-state index contributed by atoms with van der Waals surface area (Å²) < 4.78 is 5.44. The van der Waals surface area contributed by atoms with Gasteiger partial charge in [0.05, 0.1) is 48.4 Å². The number of nitrogens with one attached hydrogen (secondary N) is 2. The van der Waals surface area contributed by atoms with E-state index in [0.717, 1.165) is 43.1 Å². The quantitative estimate of drug-likeness (QED) is 0.397. The Kier molecular flexibility index (Phi) is 6.04. The van der Waals surface area contributed by atoms with Gasteiger partial charge in [0.1, 0.15) is 5.69 Å². The summed E-state index contributed by atoms with van der Waals surface area (Å²) in [7, 11) is 0. The first-order chi connectivity index (χ1) is 17.6. The van der Waals surface area contributed by atoms with Gasteiger partial charge in [0.2, 0.25) is 5.91 Å². The first-order valence-electron chi connectivity index (χ1n) is 12.5. The Balaban J connectivity index is 1.22. The van der Waals surface area contributed by atoms with Crippen molar-refractivity contribution in [3.63, 3.8) is 0 Å². The van der Waals surface area contributed by atoms with Crippen molar-refractivity contribution in [2.24, 2.45) is 0 Å². The number of benzene rings is 2. The molecule has 2 saturated heterocycles. The highest BCUT2D eigenvalue weighted by molar-refractivity contribution is 6.27. The first-order valence-corrected chi connectivity index (χ1v) is 12.5. The average Bonchev–Trinajstić information content (AvgIpc) is 3.46. The zero-order valence-electron chi connectivity index (χ0n) is 20.0. The minimum absolute atomic E-state index is 0.141. The molecule has 2 fully saturated rings. The number of morpholine rings is 1. The minimum atomic E-state index is -0.286. The number of aromatic nitrogens is 2. The van der Waals surface area contributed by atoms with E-state index < -0.39 is 0 Å². The molecule has 1 aliphatic carbocycles. The van der Waals surface area contributed by atoms with Gasteiger partial charge in [0.15, 0.2) is 5.78 Å². The Labute approximate surface area is 209 Å². The number of likely N-dealkylation sites (tertiary alicyclic amines) is 1. The molecule has 186 valence electrons. The van der Waals surface area contributed by atoms with Crippen LogP contribution in [0.5, 0.6) is 0 Å². The Morgan fingerprint density at radius 2 is 1.81 bits per heavy atom. The van der Waals surface area contributed by atoms with E-state index >= 15 is 0 Å². The van der Waals surface area contributed by atoms with Crippen LogP contribution >= 0.6 is 0 Å². The molecule has 2 aliphatic heterocycles. The molecule has 0 atom stereocenters. The van der Waals surface area contributed by atoms with Gasteiger partial charge in [0.25, 0.3) is 0 Å². The van der Waals surface area contributed by atoms with Crippen molar-refractivity contribution in [2.75, 3.05) is 56.2 Å². The molecule has 6 rings (SSSR count). The van der Waals surface area contributed by atoms with Crippen LogP contribution in [0.2, 0.25) is 0 Å². The lowest BCUT2D eigenvalue weighted by atomic mass is 10.0. The molecule has 3 N–H and O–H groups in total. The van der Waals surface area contributed by atoms with Crippen LogP contribution in [-0.2, 0) is 9.53 Å². The van der Waals surface area contributed by atoms with Crippen LogP contribution in [0.25, 0.3) is 22.5 Å². The fourth-order valence-electron chi connectivity index (χ4n) is 5.32. The van der Waals surface area contributed by atoms with Gasteiger partial charge in [-0.05, 0) is 31.0 Å². The van der Waals surface area contributed by atoms with Crippen molar-refractivity contribution in [3.8, 4) is 22.5 Å². The van der Waals surface area contributed by atoms with Crippen molar-refractivity contribution >= 4 is 23.1 Å². The zero-order chi connectivity index (χ0) is 24.6. The van der Waals surface area contributed by atoms with Crippen molar-refractivity contribution in [1.82, 2.24) is 15.1 Å². The summed E-state index contributed by atoms with van der Waals surface area (Å²) in [4.78, 5) is 30.7. The summed E-state index contributed by atoms with van der Waals surface area (Å²) >= 11 is 0. The lowest BCUT2D eigenvalue weighted by Gasteiger charge is -2.28. The number of ketones is 1. The number of aliphatic hydroxyl groups is 1. The van der Waals surface area contributed by atoms with Gasteiger partial charge in [-0.15, -0.1) is 0 Å². The second-order valence-corrected chi connectivity index (χ2v) is 9.58. The number of fused-ring (bicyclic) bond motifs is 3. The number of hydrogen-bond donors (Lipinski definition) is 3. The van der Waals surface area contributed by atoms with Gasteiger partial charge >= 0.3 is 0 Å². The number of H-pyrrole nitrogens is 1. The normalized spacial score (nSPS) is 18.2. The Bertz CT molecular complexity index is 1290. The predicted molar refractivity (Wildman–Crippen MR) is 136 cm³/mol. The molecule has 36 heavy (non-hydrogen) atoms. The van der Waals surface area contributed by atoms with Gasteiger partial charge in [-0.1, -0.05) is 24.3 Å². The van der Waals surface area contributed by atoms with Gasteiger partial charge in [-0.2, -0.15) is 5.10 Å². The average molecular weight is 488 g/mol. The van der Waals surface area contributed by atoms with Crippen LogP contribution < -0.4 is 10.2 Å². The topological polar surface area (TPSA) is 111 Å². The number of nitrogens with zero attached hydrogens (tertiary/aromatic N) is 3. The highest BCUT2D eigenvalue weighted by atomic mass is 16.5. The molecule has 0 unspecified atom stereocenters. The molecule has 3 aromatic rings. The maximum absolute atomic E-state index is 13.6. The van der Waals surface area contributed by atoms with Crippen molar-refractivity contribution in [2.45, 2.75) is 18.9 Å². The Hall–Kier alpha value is -3.53. The van der Waals surface area contributed by atoms with Crippen LogP contribution in [-0.4, -0.2) is 83.9 Å². The van der Waals surface area contributed by atoms with E-state index in [0.29, 0.717) is 54.1 Å². The number of rotatable bonds is 5. The summed E-state index contributed by atoms with van der Waals surface area (Å²) in [6.07, 6.45) is 1.05. The van der Waals surface area contributed by atoms with Crippen LogP contribution in [0.15, 0.2) is 42.5 Å². The van der Waals surface area contributed by atoms with E-state index in [9.17, 15) is 14.7 Å². The monoisotopic (exact) mass is 487 g/mol. The molecule has 2 aromatic carbocycles. The highest BCUT2D eigenvalue weighted by Gasteiger charge is 2.35. The molecule has 9 nitrogen and oxygen atoms in total. The second kappa shape index (κ2) is 9.50. The lowest BCUT2D eigenvalue weighted by Crippen LogP contribution is -2.40. The predicted octanol–water partition coefficient (Wildman–Crippen LogP) is 2.52. The molecule has 0 bridgehead atoms. The number of ether oxygens (including phenoxy) is 1. The number of amides is 1. The van der Waals surface area contributed by atoms with E-state index in [1.165, 1.54) is 0 Å². The first kappa shape index (κ1) is 22.9. The fourth-order valence-corrected chi connectivity index (χ4v) is 5.32. The zero-order valence-corrected chi connectivity index (χ0v) is 20.0. The number of carbonyl (C=O) groups excluding carboxylic acids is 2. The van der Waals surface area contributed by atoms with Crippen LogP contribution in [0.1, 0.15) is 28.8 Å². The number of piperidine rings is 1. The minimum Gasteiger partial charge on any atom is -0.393 e. The van der Waals surface area contributed by atoms with E-state index in [-0.39, 0.29) is 24.3 Å². The second-order valence-electron chi connectivity index (χ2n) is 9.58. The number of aliphatic hydroxyl groups excluding tert-OH is 1. The molecular formula is C27H29N5O4. The molecule has 0 radical (unpaired) electrons. The summed E-state index contributed by atoms with van der Waals surface area (Å²) in [5, 5.41) is 20.2. The third-order valence-corrected chi connectivity index (χ3v) is 7.27. The van der Waals surface area contributed by atoms with Crippen LogP contribution in [0, 0.1) is 0 Å². The smallest absolute Gasteiger partial charge is 0.238 e. The van der Waals surface area contributed by atoms with Gasteiger partial charge in [-0.25, -0.2) is 0 Å². The maximum Gasteiger partial charge on any atom is 0.238 e. The lowest BCUT2D eigenvalue weighted by molar-refractivity contribution is -0.117. The molecule has 1 aromatic heterocycles. The number of hydrogen-bond acceptors (Lipinski definition) is 7. The largest absolute Gasteiger partial charge is 0.393 e. The molecule has 1 amide bonds. The fraction of sp³-hybridized carbons (Fsp3) is 0.370. The number of aromatic amines is 1. The van der Waals surface area contributed by atoms with E-state index in [1.807, 2.05) is 29.2 Å². The SMILES string of the molecule is O=C(CN1CCC(O)CC1)Nc1cccc2c1C(=O)c1c-2n[nH]c1-c1ccc(N2CCOCC2)cc1. The summed E-state index contributed by atoms with van der Waals surface area (Å²) in [6, 6.07) is 13.6. The van der Waals surface area contributed by atoms with E-state index in [4.69, 9.17) is 4.74 Å². The molecule has 3 heterocycles. The molecular weight excluding hydrogens is 458 g/mol. The third kappa shape index (κ3) is 4.19. The van der Waals surface area contributed by atoms with Gasteiger partial charge < -0.3 is 20.1 Å². The highest BCUT2D eigenvalue weighted by Crippen LogP contribution is 2.43. The standard InChI is InChI=1S/C27H29N5O4/c33-19-8-10-31(11-9-19)16-22(34)28-21-3-1-2-20-23(21)27(35)24-25(29-30-26(20)24)17-4-6-18(7-5-17)32-12-14-36-15-13-32/h1-7,19,33H,8-16H2,(H,28,34)(H,29,30). The van der Waals surface area contributed by atoms with Crippen molar-refractivity contribution in [3.05, 3.63) is 53.6 Å². The van der Waals surface area contributed by atoms with Crippen LogP contribution in [0.3, 0.4) is 0 Å². The molecule has 0 saturated carbocycles. The molecule has 3 aliphatic rings. The van der Waals surface area contributed by atoms with Gasteiger partial charge in [-0.3, -0.25) is 19.6 Å². The summed E-state index contributed by atoms with van der Waals surface area (Å²) in [5.74, 6) is -0.310. The number of carbonyl (C=O) groups is 2. The van der Waals surface area contributed by atoms with E-state index in [1.54, 1.807) is 6.07 Å². The molecule has 0 spiro atoms. The van der Waals surface area contributed by atoms with Crippen molar-refractivity contribution in [1.29, 1.82) is 0 Å². The Morgan fingerprint density at radius 3 is 2.56 bits per heavy atom. The third-order valence-electron chi connectivity index (χ3n) is 7.27. The van der Waals surface area contributed by atoms with Crippen LogP contribution in [0.4, 0.5) is 11.4 Å². The van der Waals surface area contributed by atoms with Crippen molar-refractivity contribution < 1.29 is 19.4 Å². The summed E-state index contributed by atoms with van der Waals surface area (Å²) in [6.45, 7) is 4.77.